The second kappa shape index (κ2) is 9.86. The highest BCUT2D eigenvalue weighted by Crippen LogP contribution is 2.38. The van der Waals surface area contributed by atoms with E-state index in [-0.39, 0.29) is 6.10 Å². The van der Waals surface area contributed by atoms with E-state index in [4.69, 9.17) is 9.47 Å². The molecule has 2 fully saturated rings. The van der Waals surface area contributed by atoms with E-state index >= 15 is 0 Å². The Morgan fingerprint density at radius 2 is 1.77 bits per heavy atom. The second-order valence-corrected chi connectivity index (χ2v) is 9.29. The molecule has 0 radical (unpaired) electrons. The molecule has 1 aliphatic carbocycles. The van der Waals surface area contributed by atoms with Crippen LogP contribution < -0.4 is 4.74 Å². The van der Waals surface area contributed by atoms with Gasteiger partial charge in [0.15, 0.2) is 0 Å². The van der Waals surface area contributed by atoms with Crippen LogP contribution in [0.1, 0.15) is 23.2 Å². The van der Waals surface area contributed by atoms with Crippen molar-refractivity contribution in [2.24, 2.45) is 11.8 Å². The van der Waals surface area contributed by atoms with Gasteiger partial charge in [0.25, 0.3) is 0 Å². The molecule has 2 aromatic rings. The third-order valence-corrected chi connectivity index (χ3v) is 7.14. The lowest BCUT2D eigenvalue weighted by atomic mass is 9.78. The number of rotatable bonds is 7. The third kappa shape index (κ3) is 4.99. The molecule has 30 heavy (non-hydrogen) atoms. The van der Waals surface area contributed by atoms with E-state index < -0.39 is 12.1 Å². The molecule has 0 aromatic heterocycles. The van der Waals surface area contributed by atoms with Gasteiger partial charge in [0.2, 0.25) is 0 Å². The van der Waals surface area contributed by atoms with Crippen molar-refractivity contribution < 1.29 is 19.4 Å². The number of fused-ring (bicyclic) bond motifs is 1. The van der Waals surface area contributed by atoms with Crippen molar-refractivity contribution in [3.05, 3.63) is 60.2 Å². The van der Waals surface area contributed by atoms with Crippen LogP contribution in [0.25, 0.3) is 0 Å². The van der Waals surface area contributed by atoms with Crippen molar-refractivity contribution in [3.8, 4) is 5.75 Å². The van der Waals surface area contributed by atoms with Crippen LogP contribution in [0.5, 0.6) is 5.75 Å². The number of methoxy groups -OCH3 is 1. The SMILES string of the molecule is COC(=O)c1ccccc1O[C@@H]1C[C@@H]2CN(CCSc3ccccc3)C[C@@H]2C[C@H]1O. The number of aliphatic hydroxyl groups is 1. The Hall–Kier alpha value is -2.02. The van der Waals surface area contributed by atoms with Crippen LogP contribution in [0.3, 0.4) is 0 Å². The largest absolute Gasteiger partial charge is 0.487 e. The van der Waals surface area contributed by atoms with Gasteiger partial charge in [-0.05, 0) is 48.9 Å². The summed E-state index contributed by atoms with van der Waals surface area (Å²) in [6.07, 6.45) is 0.744. The first-order valence-corrected chi connectivity index (χ1v) is 11.5. The number of para-hydroxylation sites is 1. The van der Waals surface area contributed by atoms with Gasteiger partial charge < -0.3 is 19.5 Å². The van der Waals surface area contributed by atoms with Crippen LogP contribution in [0.15, 0.2) is 59.5 Å². The van der Waals surface area contributed by atoms with Gasteiger partial charge in [-0.3, -0.25) is 0 Å². The van der Waals surface area contributed by atoms with Crippen molar-refractivity contribution in [3.63, 3.8) is 0 Å². The summed E-state index contributed by atoms with van der Waals surface area (Å²) in [5, 5.41) is 10.7. The van der Waals surface area contributed by atoms with Crippen LogP contribution in [0.4, 0.5) is 0 Å². The van der Waals surface area contributed by atoms with Crippen molar-refractivity contribution in [2.75, 3.05) is 32.5 Å². The number of likely N-dealkylation sites (tertiary alicyclic amines) is 1. The molecule has 2 aromatic carbocycles. The van der Waals surface area contributed by atoms with E-state index in [2.05, 4.69) is 29.2 Å². The Morgan fingerprint density at radius 1 is 1.07 bits per heavy atom. The molecule has 1 N–H and O–H groups in total. The van der Waals surface area contributed by atoms with Crippen molar-refractivity contribution in [1.82, 2.24) is 4.90 Å². The van der Waals surface area contributed by atoms with Crippen LogP contribution >= 0.6 is 11.8 Å². The minimum Gasteiger partial charge on any atom is -0.487 e. The molecule has 1 aliphatic heterocycles. The minimum atomic E-state index is -0.518. The molecule has 0 bridgehead atoms. The first-order valence-electron chi connectivity index (χ1n) is 10.6. The standard InChI is InChI=1S/C24H29NO4S/c1-28-24(27)20-9-5-6-10-22(20)29-23-14-18-16-25(15-17(18)13-21(23)26)11-12-30-19-7-3-2-4-8-19/h2-10,17-18,21,23,26H,11-16H2,1H3/t17-,18+,21+,23+/m0/s1. The quantitative estimate of drug-likeness (QED) is 0.537. The summed E-state index contributed by atoms with van der Waals surface area (Å²) in [5.74, 6) is 2.17. The summed E-state index contributed by atoms with van der Waals surface area (Å²) in [6.45, 7) is 3.15. The molecule has 1 heterocycles. The van der Waals surface area contributed by atoms with E-state index in [1.807, 2.05) is 23.9 Å². The lowest BCUT2D eigenvalue weighted by Crippen LogP contribution is -2.42. The first-order chi connectivity index (χ1) is 14.6. The fourth-order valence-corrected chi connectivity index (χ4v) is 5.55. The van der Waals surface area contributed by atoms with Gasteiger partial charge in [-0.25, -0.2) is 4.79 Å². The van der Waals surface area contributed by atoms with Gasteiger partial charge in [0, 0.05) is 30.3 Å². The van der Waals surface area contributed by atoms with E-state index in [9.17, 15) is 9.90 Å². The second-order valence-electron chi connectivity index (χ2n) is 8.12. The topological polar surface area (TPSA) is 59.0 Å². The fourth-order valence-electron chi connectivity index (χ4n) is 4.62. The van der Waals surface area contributed by atoms with E-state index in [1.165, 1.54) is 12.0 Å². The fraction of sp³-hybridized carbons (Fsp3) is 0.458. The Morgan fingerprint density at radius 3 is 2.53 bits per heavy atom. The Balaban J connectivity index is 1.32. The molecule has 0 amide bonds. The van der Waals surface area contributed by atoms with Crippen molar-refractivity contribution in [1.29, 1.82) is 0 Å². The molecular weight excluding hydrogens is 398 g/mol. The summed E-state index contributed by atoms with van der Waals surface area (Å²) in [7, 11) is 1.36. The highest BCUT2D eigenvalue weighted by atomic mass is 32.2. The van der Waals surface area contributed by atoms with Gasteiger partial charge in [-0.1, -0.05) is 30.3 Å². The monoisotopic (exact) mass is 427 g/mol. The number of ether oxygens (including phenoxy) is 2. The van der Waals surface area contributed by atoms with E-state index in [0.717, 1.165) is 38.2 Å². The first kappa shape index (κ1) is 21.2. The van der Waals surface area contributed by atoms with Crippen molar-refractivity contribution in [2.45, 2.75) is 29.9 Å². The molecular formula is C24H29NO4S. The molecule has 6 heteroatoms. The maximum absolute atomic E-state index is 12.0. The highest BCUT2D eigenvalue weighted by molar-refractivity contribution is 7.99. The summed E-state index contributed by atoms with van der Waals surface area (Å²) in [6, 6.07) is 17.6. The molecule has 160 valence electrons. The van der Waals surface area contributed by atoms with Gasteiger partial charge in [0.1, 0.15) is 17.4 Å². The summed E-state index contributed by atoms with van der Waals surface area (Å²) >= 11 is 1.89. The number of carbonyl (C=O) groups is 1. The maximum Gasteiger partial charge on any atom is 0.341 e. The van der Waals surface area contributed by atoms with Crippen LogP contribution in [-0.4, -0.2) is 60.7 Å². The minimum absolute atomic E-state index is 0.296. The highest BCUT2D eigenvalue weighted by Gasteiger charge is 2.42. The number of hydrogen-bond acceptors (Lipinski definition) is 6. The molecule has 5 nitrogen and oxygen atoms in total. The number of benzene rings is 2. The molecule has 4 rings (SSSR count). The number of nitrogens with zero attached hydrogens (tertiary/aromatic N) is 1. The zero-order valence-electron chi connectivity index (χ0n) is 17.3. The van der Waals surface area contributed by atoms with Crippen LogP contribution in [-0.2, 0) is 4.74 Å². The Kier molecular flexibility index (Phi) is 6.97. The van der Waals surface area contributed by atoms with Gasteiger partial charge >= 0.3 is 5.97 Å². The molecule has 4 atom stereocenters. The van der Waals surface area contributed by atoms with Crippen LogP contribution in [0.2, 0.25) is 0 Å². The predicted molar refractivity (Wildman–Crippen MR) is 118 cm³/mol. The number of carbonyl (C=O) groups excluding carboxylic acids is 1. The third-order valence-electron chi connectivity index (χ3n) is 6.15. The number of thioether (sulfide) groups is 1. The normalized spacial score (nSPS) is 26.2. The predicted octanol–water partition coefficient (Wildman–Crippen LogP) is 3.72. The zero-order valence-corrected chi connectivity index (χ0v) is 18.1. The Labute approximate surface area is 182 Å². The lowest BCUT2D eigenvalue weighted by Gasteiger charge is -2.35. The average Bonchev–Trinajstić information content (AvgIpc) is 3.16. The molecule has 1 saturated carbocycles. The van der Waals surface area contributed by atoms with Crippen molar-refractivity contribution >= 4 is 17.7 Å². The number of aliphatic hydroxyl groups excluding tert-OH is 1. The van der Waals surface area contributed by atoms with Gasteiger partial charge in [-0.2, -0.15) is 0 Å². The smallest absolute Gasteiger partial charge is 0.341 e. The lowest BCUT2D eigenvalue weighted by molar-refractivity contribution is -0.0237. The maximum atomic E-state index is 12.0. The van der Waals surface area contributed by atoms with E-state index in [0.29, 0.717) is 23.1 Å². The summed E-state index contributed by atoms with van der Waals surface area (Å²) in [4.78, 5) is 15.8. The summed E-state index contributed by atoms with van der Waals surface area (Å²) in [5.41, 5.74) is 0.403. The van der Waals surface area contributed by atoms with Gasteiger partial charge in [0.05, 0.1) is 13.2 Å². The zero-order chi connectivity index (χ0) is 20.9. The summed E-state index contributed by atoms with van der Waals surface area (Å²) < 4.78 is 11.0. The van der Waals surface area contributed by atoms with E-state index in [1.54, 1.807) is 18.2 Å². The average molecular weight is 428 g/mol. The number of hydrogen-bond donors (Lipinski definition) is 1. The number of esters is 1. The molecule has 1 saturated heterocycles. The molecule has 0 spiro atoms. The Bertz CT molecular complexity index is 846. The molecule has 0 unspecified atom stereocenters. The van der Waals surface area contributed by atoms with Gasteiger partial charge in [-0.15, -0.1) is 11.8 Å². The molecule has 2 aliphatic rings. The van der Waals surface area contributed by atoms with Crippen LogP contribution in [0, 0.1) is 11.8 Å².